The number of aliphatic hydroxyl groups excluding tert-OH is 1. The lowest BCUT2D eigenvalue weighted by atomic mass is 9.86. The van der Waals surface area contributed by atoms with Crippen molar-refractivity contribution in [2.24, 2.45) is 11.8 Å². The summed E-state index contributed by atoms with van der Waals surface area (Å²) < 4.78 is 14.9. The van der Waals surface area contributed by atoms with Crippen LogP contribution in [0.2, 0.25) is 0 Å². The van der Waals surface area contributed by atoms with E-state index < -0.39 is 23.9 Å². The minimum absolute atomic E-state index is 0.184. The molecule has 1 aromatic heterocycles. The molecule has 4 rings (SSSR count). The van der Waals surface area contributed by atoms with Crippen molar-refractivity contribution in [3.05, 3.63) is 58.3 Å². The van der Waals surface area contributed by atoms with Crippen LogP contribution in [0.1, 0.15) is 18.7 Å². The number of amides is 2. The zero-order valence-corrected chi connectivity index (χ0v) is 17.1. The van der Waals surface area contributed by atoms with Gasteiger partial charge in [0.2, 0.25) is 11.8 Å². The second kappa shape index (κ2) is 7.36. The number of carbonyl (C=O) groups is 2. The molecule has 3 heterocycles. The average molecular weight is 413 g/mol. The molecule has 0 aliphatic carbocycles. The van der Waals surface area contributed by atoms with E-state index in [1.807, 2.05) is 0 Å². The molecule has 1 N–H and O–H groups in total. The molecule has 1 saturated heterocycles. The lowest BCUT2D eigenvalue weighted by molar-refractivity contribution is -0.137. The lowest BCUT2D eigenvalue weighted by Gasteiger charge is -2.38. The predicted octanol–water partition coefficient (Wildman–Crippen LogP) is 1.25. The minimum atomic E-state index is -0.635. The van der Waals surface area contributed by atoms with Crippen molar-refractivity contribution in [1.82, 2.24) is 14.4 Å². The van der Waals surface area contributed by atoms with E-state index in [0.717, 1.165) is 0 Å². The molecule has 1 aromatic carbocycles. The van der Waals surface area contributed by atoms with Gasteiger partial charge in [0.1, 0.15) is 5.82 Å². The quantitative estimate of drug-likeness (QED) is 0.821. The second-order valence-electron chi connectivity index (χ2n) is 8.14. The Morgan fingerprint density at radius 2 is 1.83 bits per heavy atom. The number of carbonyl (C=O) groups excluding carboxylic acids is 2. The molecule has 1 fully saturated rings. The molecule has 2 bridgehead atoms. The Bertz CT molecular complexity index is 1060. The Morgan fingerprint density at radius 1 is 1.17 bits per heavy atom. The number of halogens is 1. The molecule has 158 valence electrons. The summed E-state index contributed by atoms with van der Waals surface area (Å²) in [4.78, 5) is 41.9. The van der Waals surface area contributed by atoms with Crippen molar-refractivity contribution in [3.63, 3.8) is 0 Å². The van der Waals surface area contributed by atoms with Gasteiger partial charge >= 0.3 is 0 Å². The van der Waals surface area contributed by atoms with Crippen molar-refractivity contribution in [1.29, 1.82) is 0 Å². The van der Waals surface area contributed by atoms with Crippen LogP contribution in [0.3, 0.4) is 0 Å². The summed E-state index contributed by atoms with van der Waals surface area (Å²) in [6.07, 6.45) is 0. The van der Waals surface area contributed by atoms with E-state index in [0.29, 0.717) is 16.8 Å². The van der Waals surface area contributed by atoms with E-state index >= 15 is 0 Å². The second-order valence-corrected chi connectivity index (χ2v) is 8.14. The maximum atomic E-state index is 13.3. The molecular weight excluding hydrogens is 389 g/mol. The SMILES string of the molecule is CC(=O)N1[C@@H]2c3ccc(-c4ccc(F)cc4)c(=O)n3C[C@H]1[C@H](CO)[C@H]2C(=O)N(C)C. The monoisotopic (exact) mass is 413 g/mol. The number of aliphatic hydroxyl groups is 1. The van der Waals surface area contributed by atoms with E-state index in [-0.39, 0.29) is 36.3 Å². The Morgan fingerprint density at radius 3 is 2.40 bits per heavy atom. The average Bonchev–Trinajstić information content (AvgIpc) is 2.96. The summed E-state index contributed by atoms with van der Waals surface area (Å²) in [7, 11) is 3.28. The molecule has 2 aliphatic rings. The van der Waals surface area contributed by atoms with Gasteiger partial charge < -0.3 is 19.5 Å². The van der Waals surface area contributed by atoms with Crippen LogP contribution in [0.25, 0.3) is 11.1 Å². The Labute approximate surface area is 173 Å². The number of nitrogens with zero attached hydrogens (tertiary/aromatic N) is 3. The number of pyridine rings is 1. The molecule has 0 saturated carbocycles. The zero-order valence-electron chi connectivity index (χ0n) is 17.1. The van der Waals surface area contributed by atoms with Crippen LogP contribution in [0.4, 0.5) is 4.39 Å². The molecular formula is C22H24FN3O4. The summed E-state index contributed by atoms with van der Waals surface area (Å²) in [5.74, 6) is -1.87. The van der Waals surface area contributed by atoms with Gasteiger partial charge in [-0.25, -0.2) is 4.39 Å². The fraction of sp³-hybridized carbons (Fsp3) is 0.409. The first-order valence-corrected chi connectivity index (χ1v) is 9.86. The Balaban J connectivity index is 1.88. The first-order valence-electron chi connectivity index (χ1n) is 9.86. The summed E-state index contributed by atoms with van der Waals surface area (Å²) in [5.41, 5.74) is 1.34. The topological polar surface area (TPSA) is 82.9 Å². The maximum Gasteiger partial charge on any atom is 0.258 e. The van der Waals surface area contributed by atoms with Crippen molar-refractivity contribution < 1.29 is 19.1 Å². The molecule has 0 spiro atoms. The van der Waals surface area contributed by atoms with E-state index in [4.69, 9.17) is 0 Å². The third kappa shape index (κ3) is 2.94. The molecule has 2 amide bonds. The lowest BCUT2D eigenvalue weighted by Crippen LogP contribution is -2.48. The van der Waals surface area contributed by atoms with E-state index in [2.05, 4.69) is 0 Å². The number of hydrogen-bond acceptors (Lipinski definition) is 4. The highest BCUT2D eigenvalue weighted by molar-refractivity contribution is 5.83. The number of fused-ring (bicyclic) bond motifs is 4. The van der Waals surface area contributed by atoms with E-state index in [9.17, 15) is 23.9 Å². The van der Waals surface area contributed by atoms with Gasteiger partial charge in [-0.3, -0.25) is 14.4 Å². The van der Waals surface area contributed by atoms with Crippen molar-refractivity contribution in [2.75, 3.05) is 20.7 Å². The van der Waals surface area contributed by atoms with Gasteiger partial charge in [-0.1, -0.05) is 12.1 Å². The highest BCUT2D eigenvalue weighted by atomic mass is 19.1. The number of benzene rings is 1. The highest BCUT2D eigenvalue weighted by Crippen LogP contribution is 2.48. The van der Waals surface area contributed by atoms with Crippen molar-refractivity contribution >= 4 is 11.8 Å². The van der Waals surface area contributed by atoms with Gasteiger partial charge in [-0.2, -0.15) is 0 Å². The van der Waals surface area contributed by atoms with E-state index in [1.165, 1.54) is 24.0 Å². The predicted molar refractivity (Wildman–Crippen MR) is 108 cm³/mol. The van der Waals surface area contributed by atoms with Gasteiger partial charge in [0, 0.05) is 51.3 Å². The fourth-order valence-corrected chi connectivity index (χ4v) is 4.97. The van der Waals surface area contributed by atoms with Gasteiger partial charge in [0.25, 0.3) is 5.56 Å². The van der Waals surface area contributed by atoms with Gasteiger partial charge in [-0.15, -0.1) is 0 Å². The third-order valence-corrected chi connectivity index (χ3v) is 6.29. The summed E-state index contributed by atoms with van der Waals surface area (Å²) in [6, 6.07) is 8.03. The molecule has 8 heteroatoms. The summed E-state index contributed by atoms with van der Waals surface area (Å²) in [6.45, 7) is 1.38. The standard InChI is InChI=1S/C22H24FN3O4/c1-12(28)26-18-10-25-17(20(26)19(16(18)11-27)22(30)24(2)3)9-8-15(21(25)29)13-4-6-14(23)7-5-13/h4-9,16,18-20,27H,10-11H2,1-3H3/t16-,18-,19+,20+/m0/s1. The van der Waals surface area contributed by atoms with Crippen LogP contribution in [-0.2, 0) is 16.1 Å². The van der Waals surface area contributed by atoms with Gasteiger partial charge in [0.15, 0.2) is 0 Å². The van der Waals surface area contributed by atoms with Crippen LogP contribution in [0.5, 0.6) is 0 Å². The van der Waals surface area contributed by atoms with Gasteiger partial charge in [-0.05, 0) is 29.8 Å². The van der Waals surface area contributed by atoms with Gasteiger partial charge in [0.05, 0.1) is 18.0 Å². The Kier molecular flexibility index (Phi) is 4.97. The van der Waals surface area contributed by atoms with Crippen LogP contribution in [-0.4, -0.2) is 58.0 Å². The normalized spacial score (nSPS) is 24.5. The first kappa shape index (κ1) is 20.3. The highest BCUT2D eigenvalue weighted by Gasteiger charge is 2.57. The number of aromatic nitrogens is 1. The summed E-state index contributed by atoms with van der Waals surface area (Å²) >= 11 is 0. The first-order chi connectivity index (χ1) is 14.3. The molecule has 30 heavy (non-hydrogen) atoms. The summed E-state index contributed by atoms with van der Waals surface area (Å²) in [5, 5.41) is 10.1. The smallest absolute Gasteiger partial charge is 0.258 e. The van der Waals surface area contributed by atoms with E-state index in [1.54, 1.807) is 47.8 Å². The van der Waals surface area contributed by atoms with Crippen LogP contribution < -0.4 is 5.56 Å². The largest absolute Gasteiger partial charge is 0.396 e. The third-order valence-electron chi connectivity index (χ3n) is 6.29. The number of hydrogen-bond donors (Lipinski definition) is 1. The molecule has 2 aromatic rings. The zero-order chi connectivity index (χ0) is 21.7. The number of rotatable bonds is 3. The van der Waals surface area contributed by atoms with Crippen molar-refractivity contribution in [2.45, 2.75) is 25.6 Å². The van der Waals surface area contributed by atoms with Crippen LogP contribution >= 0.6 is 0 Å². The molecule has 0 radical (unpaired) electrons. The molecule has 0 unspecified atom stereocenters. The fourth-order valence-electron chi connectivity index (χ4n) is 4.97. The maximum absolute atomic E-state index is 13.3. The molecule has 2 aliphatic heterocycles. The minimum Gasteiger partial charge on any atom is -0.396 e. The Hall–Kier alpha value is -3.00. The van der Waals surface area contributed by atoms with Crippen molar-refractivity contribution in [3.8, 4) is 11.1 Å². The van der Waals surface area contributed by atoms with Crippen LogP contribution in [0, 0.1) is 17.7 Å². The van der Waals surface area contributed by atoms with Crippen LogP contribution in [0.15, 0.2) is 41.2 Å². The molecule has 4 atom stereocenters. The molecule has 7 nitrogen and oxygen atoms in total.